The first kappa shape index (κ1) is 17.5. The molecule has 0 bridgehead atoms. The van der Waals surface area contributed by atoms with Gasteiger partial charge in [0.15, 0.2) is 5.76 Å². The summed E-state index contributed by atoms with van der Waals surface area (Å²) in [7, 11) is 0. The average molecular weight is 321 g/mol. The van der Waals surface area contributed by atoms with Crippen LogP contribution in [0.25, 0.3) is 11.3 Å². The fourth-order valence-corrected chi connectivity index (χ4v) is 2.20. The second kappa shape index (κ2) is 8.16. The van der Waals surface area contributed by atoms with Crippen molar-refractivity contribution in [3.8, 4) is 11.3 Å². The number of carbonyl (C=O) groups excluding carboxylic acids is 1. The molecular formula is C21H23NO2. The van der Waals surface area contributed by atoms with Crippen LogP contribution < -0.4 is 5.32 Å². The number of amides is 1. The largest absolute Gasteiger partial charge is 0.451 e. The molecule has 3 heteroatoms. The second-order valence-electron chi connectivity index (χ2n) is 5.74. The molecule has 1 amide bonds. The molecule has 0 saturated carbocycles. The van der Waals surface area contributed by atoms with Crippen molar-refractivity contribution in [2.24, 2.45) is 0 Å². The molecule has 1 aromatic carbocycles. The van der Waals surface area contributed by atoms with Crippen molar-refractivity contribution in [1.29, 1.82) is 0 Å². The molecule has 0 aliphatic heterocycles. The Bertz CT molecular complexity index is 794. The van der Waals surface area contributed by atoms with E-state index in [0.717, 1.165) is 28.8 Å². The second-order valence-corrected chi connectivity index (χ2v) is 5.74. The predicted octanol–water partition coefficient (Wildman–Crippen LogP) is 5.41. The van der Waals surface area contributed by atoms with Crippen molar-refractivity contribution >= 4 is 5.91 Å². The van der Waals surface area contributed by atoms with Gasteiger partial charge in [-0.05, 0) is 44.5 Å². The predicted molar refractivity (Wildman–Crippen MR) is 98.7 cm³/mol. The number of nitrogens with one attached hydrogen (secondary N) is 1. The van der Waals surface area contributed by atoms with Gasteiger partial charge in [0, 0.05) is 11.3 Å². The highest BCUT2D eigenvalue weighted by atomic mass is 16.3. The van der Waals surface area contributed by atoms with E-state index in [1.54, 1.807) is 6.07 Å². The van der Waals surface area contributed by atoms with Crippen LogP contribution in [0.5, 0.6) is 0 Å². The summed E-state index contributed by atoms with van der Waals surface area (Å²) >= 11 is 0. The van der Waals surface area contributed by atoms with Gasteiger partial charge in [-0.15, -0.1) is 0 Å². The molecule has 2 aromatic rings. The molecule has 2 rings (SSSR count). The minimum Gasteiger partial charge on any atom is -0.451 e. The van der Waals surface area contributed by atoms with Crippen molar-refractivity contribution in [2.45, 2.75) is 27.2 Å². The Kier molecular flexibility index (Phi) is 5.96. The van der Waals surface area contributed by atoms with E-state index in [1.807, 2.05) is 69.3 Å². The number of allylic oxidation sites excluding steroid dienone is 5. The van der Waals surface area contributed by atoms with E-state index in [9.17, 15) is 4.79 Å². The van der Waals surface area contributed by atoms with E-state index < -0.39 is 0 Å². The van der Waals surface area contributed by atoms with E-state index in [-0.39, 0.29) is 5.91 Å². The molecule has 0 atom stereocenters. The molecular weight excluding hydrogens is 298 g/mol. The third kappa shape index (κ3) is 4.85. The van der Waals surface area contributed by atoms with Crippen LogP contribution >= 0.6 is 0 Å². The highest BCUT2D eigenvalue weighted by Gasteiger charge is 2.13. The zero-order chi connectivity index (χ0) is 17.5. The molecule has 0 aliphatic rings. The van der Waals surface area contributed by atoms with Gasteiger partial charge in [0.2, 0.25) is 0 Å². The minimum atomic E-state index is -0.245. The SMILES string of the molecule is C=C(C)/C=C\C=C(/CC)NC(=O)c1ccc(-c2cccc(C)c2)o1. The van der Waals surface area contributed by atoms with Crippen molar-refractivity contribution < 1.29 is 9.21 Å². The van der Waals surface area contributed by atoms with Gasteiger partial charge in [-0.1, -0.05) is 55.0 Å². The Balaban J connectivity index is 2.11. The van der Waals surface area contributed by atoms with Crippen molar-refractivity contribution in [2.75, 3.05) is 0 Å². The molecule has 0 saturated heterocycles. The third-order valence-corrected chi connectivity index (χ3v) is 3.47. The number of hydrogen-bond acceptors (Lipinski definition) is 2. The Morgan fingerprint density at radius 1 is 1.29 bits per heavy atom. The zero-order valence-corrected chi connectivity index (χ0v) is 14.4. The summed E-state index contributed by atoms with van der Waals surface area (Å²) in [5.74, 6) is 0.744. The van der Waals surface area contributed by atoms with Gasteiger partial charge < -0.3 is 9.73 Å². The third-order valence-electron chi connectivity index (χ3n) is 3.47. The maximum absolute atomic E-state index is 12.3. The Morgan fingerprint density at radius 2 is 2.08 bits per heavy atom. The van der Waals surface area contributed by atoms with Gasteiger partial charge in [0.1, 0.15) is 5.76 Å². The quantitative estimate of drug-likeness (QED) is 0.723. The highest BCUT2D eigenvalue weighted by molar-refractivity contribution is 5.93. The lowest BCUT2D eigenvalue weighted by Gasteiger charge is -2.05. The summed E-state index contributed by atoms with van der Waals surface area (Å²) in [4.78, 5) is 12.3. The lowest BCUT2D eigenvalue weighted by Crippen LogP contribution is -2.21. The molecule has 124 valence electrons. The minimum absolute atomic E-state index is 0.245. The first-order valence-corrected chi connectivity index (χ1v) is 8.00. The topological polar surface area (TPSA) is 42.2 Å². The van der Waals surface area contributed by atoms with Gasteiger partial charge in [0.05, 0.1) is 0 Å². The van der Waals surface area contributed by atoms with E-state index in [0.29, 0.717) is 11.5 Å². The van der Waals surface area contributed by atoms with Crippen LogP contribution in [-0.2, 0) is 0 Å². The monoisotopic (exact) mass is 321 g/mol. The van der Waals surface area contributed by atoms with Crippen molar-refractivity contribution in [3.05, 3.63) is 83.8 Å². The molecule has 0 radical (unpaired) electrons. The van der Waals surface area contributed by atoms with Crippen molar-refractivity contribution in [1.82, 2.24) is 5.32 Å². The number of rotatable bonds is 6. The molecule has 0 unspecified atom stereocenters. The maximum Gasteiger partial charge on any atom is 0.291 e. The van der Waals surface area contributed by atoms with Crippen LogP contribution in [0.1, 0.15) is 36.4 Å². The van der Waals surface area contributed by atoms with Crippen LogP contribution in [-0.4, -0.2) is 5.91 Å². The fourth-order valence-electron chi connectivity index (χ4n) is 2.20. The number of carbonyl (C=O) groups is 1. The summed E-state index contributed by atoms with van der Waals surface area (Å²) < 4.78 is 5.70. The maximum atomic E-state index is 12.3. The molecule has 1 heterocycles. The molecule has 0 spiro atoms. The van der Waals surface area contributed by atoms with Gasteiger partial charge >= 0.3 is 0 Å². The first-order chi connectivity index (χ1) is 11.5. The van der Waals surface area contributed by atoms with E-state index in [1.165, 1.54) is 0 Å². The fraction of sp³-hybridized carbons (Fsp3) is 0.190. The Hall–Kier alpha value is -2.81. The molecule has 1 aromatic heterocycles. The van der Waals surface area contributed by atoms with E-state index in [4.69, 9.17) is 4.42 Å². The summed E-state index contributed by atoms with van der Waals surface area (Å²) in [5.41, 5.74) is 3.90. The number of aryl methyl sites for hydroxylation is 1. The summed E-state index contributed by atoms with van der Waals surface area (Å²) in [5, 5.41) is 2.88. The number of hydrogen-bond donors (Lipinski definition) is 1. The van der Waals surface area contributed by atoms with Gasteiger partial charge in [-0.3, -0.25) is 4.79 Å². The molecule has 3 nitrogen and oxygen atoms in total. The Labute approximate surface area is 143 Å². The normalized spacial score (nSPS) is 11.7. The van der Waals surface area contributed by atoms with Gasteiger partial charge in [-0.25, -0.2) is 0 Å². The number of furan rings is 1. The molecule has 24 heavy (non-hydrogen) atoms. The smallest absolute Gasteiger partial charge is 0.291 e. The molecule has 0 aliphatic carbocycles. The lowest BCUT2D eigenvalue weighted by atomic mass is 10.1. The van der Waals surface area contributed by atoms with Crippen LogP contribution in [0.3, 0.4) is 0 Å². The van der Waals surface area contributed by atoms with Crippen LogP contribution in [0, 0.1) is 6.92 Å². The lowest BCUT2D eigenvalue weighted by molar-refractivity contribution is 0.0938. The Morgan fingerprint density at radius 3 is 2.75 bits per heavy atom. The molecule has 1 N–H and O–H groups in total. The van der Waals surface area contributed by atoms with Gasteiger partial charge in [-0.2, -0.15) is 0 Å². The highest BCUT2D eigenvalue weighted by Crippen LogP contribution is 2.23. The zero-order valence-electron chi connectivity index (χ0n) is 14.4. The number of benzene rings is 1. The van der Waals surface area contributed by atoms with Crippen molar-refractivity contribution in [3.63, 3.8) is 0 Å². The average Bonchev–Trinajstić information content (AvgIpc) is 3.03. The van der Waals surface area contributed by atoms with Crippen LogP contribution in [0.15, 0.2) is 76.9 Å². The van der Waals surface area contributed by atoms with Crippen LogP contribution in [0.4, 0.5) is 0 Å². The van der Waals surface area contributed by atoms with E-state index in [2.05, 4.69) is 11.9 Å². The first-order valence-electron chi connectivity index (χ1n) is 8.00. The standard InChI is InChI=1S/C21H23NO2/c1-5-18(11-6-8-15(2)3)22-21(23)20-13-12-19(24-20)17-10-7-9-16(4)14-17/h6-14H,2,5H2,1,3-4H3,(H,22,23)/b8-6-,18-11+. The summed E-state index contributed by atoms with van der Waals surface area (Å²) in [6.45, 7) is 9.74. The van der Waals surface area contributed by atoms with Gasteiger partial charge in [0.25, 0.3) is 5.91 Å². The van der Waals surface area contributed by atoms with Crippen LogP contribution in [0.2, 0.25) is 0 Å². The van der Waals surface area contributed by atoms with E-state index >= 15 is 0 Å². The summed E-state index contributed by atoms with van der Waals surface area (Å²) in [6.07, 6.45) is 6.36. The summed E-state index contributed by atoms with van der Waals surface area (Å²) in [6, 6.07) is 11.5. The molecule has 0 fully saturated rings.